The van der Waals surface area contributed by atoms with Crippen LogP contribution in [0.4, 0.5) is 4.39 Å². The van der Waals surface area contributed by atoms with Crippen molar-refractivity contribution >= 4 is 23.5 Å². The summed E-state index contributed by atoms with van der Waals surface area (Å²) in [6.45, 7) is 4.83. The zero-order chi connectivity index (χ0) is 24.5. The molecule has 1 aliphatic carbocycles. The van der Waals surface area contributed by atoms with Crippen LogP contribution < -0.4 is 0 Å². The predicted molar refractivity (Wildman–Crippen MR) is 125 cm³/mol. The molecule has 2 aliphatic heterocycles. The van der Waals surface area contributed by atoms with Crippen molar-refractivity contribution in [1.29, 1.82) is 0 Å². The molecule has 3 fully saturated rings. The number of Topliss-reactive ketones (excluding diaryl/α,β-unsaturated/α-hetero) is 1. The maximum atomic E-state index is 15.0. The second kappa shape index (κ2) is 9.96. The molecule has 3 aliphatic rings. The van der Waals surface area contributed by atoms with E-state index in [2.05, 4.69) is 0 Å². The topological polar surface area (TPSA) is 74.8 Å². The van der Waals surface area contributed by atoms with Crippen molar-refractivity contribution < 1.29 is 23.6 Å². The fraction of sp³-hybridized carbons (Fsp3) is 0.630. The van der Waals surface area contributed by atoms with Gasteiger partial charge in [-0.3, -0.25) is 24.1 Å². The van der Waals surface area contributed by atoms with Crippen molar-refractivity contribution in [3.8, 4) is 0 Å². The molecule has 1 aromatic rings. The molecule has 0 unspecified atom stereocenters. The number of halogens is 1. The molecule has 3 amide bonds. The fourth-order valence-corrected chi connectivity index (χ4v) is 5.99. The molecule has 6 nitrogen and oxygen atoms in total. The summed E-state index contributed by atoms with van der Waals surface area (Å²) in [5.41, 5.74) is -1.41. The van der Waals surface area contributed by atoms with Crippen LogP contribution in [0, 0.1) is 17.7 Å². The first-order chi connectivity index (χ1) is 16.2. The molecule has 4 rings (SSSR count). The van der Waals surface area contributed by atoms with E-state index in [9.17, 15) is 19.2 Å². The number of nitrogens with zero attached hydrogens (tertiary/aromatic N) is 2. The third-order valence-corrected chi connectivity index (χ3v) is 7.72. The van der Waals surface area contributed by atoms with Gasteiger partial charge in [0.2, 0.25) is 17.7 Å². The second-order valence-corrected chi connectivity index (χ2v) is 10.7. The van der Waals surface area contributed by atoms with Gasteiger partial charge >= 0.3 is 0 Å². The van der Waals surface area contributed by atoms with Gasteiger partial charge in [0.1, 0.15) is 11.6 Å². The van der Waals surface area contributed by atoms with E-state index >= 15 is 4.39 Å². The Morgan fingerprint density at radius 1 is 1.09 bits per heavy atom. The number of carbonyl (C=O) groups is 4. The van der Waals surface area contributed by atoms with Gasteiger partial charge in [0.05, 0.1) is 5.41 Å². The van der Waals surface area contributed by atoms with Gasteiger partial charge in [0.15, 0.2) is 0 Å². The van der Waals surface area contributed by atoms with Gasteiger partial charge in [-0.05, 0) is 37.7 Å². The lowest BCUT2D eigenvalue weighted by Crippen LogP contribution is -2.48. The van der Waals surface area contributed by atoms with Gasteiger partial charge in [0, 0.05) is 49.9 Å². The number of imide groups is 1. The van der Waals surface area contributed by atoms with Crippen LogP contribution in [0.3, 0.4) is 0 Å². The van der Waals surface area contributed by atoms with E-state index in [1.54, 1.807) is 17.0 Å². The van der Waals surface area contributed by atoms with Gasteiger partial charge < -0.3 is 4.90 Å². The highest BCUT2D eigenvalue weighted by Gasteiger charge is 2.57. The van der Waals surface area contributed by atoms with Crippen LogP contribution in [0.2, 0.25) is 0 Å². The zero-order valence-electron chi connectivity index (χ0n) is 20.2. The summed E-state index contributed by atoms with van der Waals surface area (Å²) in [6, 6.07) is 5.81. The minimum Gasteiger partial charge on any atom is -0.342 e. The first-order valence-corrected chi connectivity index (χ1v) is 12.6. The summed E-state index contributed by atoms with van der Waals surface area (Å²) in [7, 11) is 0. The van der Waals surface area contributed by atoms with Gasteiger partial charge in [-0.15, -0.1) is 0 Å². The highest BCUT2D eigenvalue weighted by atomic mass is 19.1. The van der Waals surface area contributed by atoms with Crippen LogP contribution in [-0.4, -0.2) is 52.4 Å². The second-order valence-electron chi connectivity index (χ2n) is 10.7. The summed E-state index contributed by atoms with van der Waals surface area (Å²) < 4.78 is 15.0. The Morgan fingerprint density at radius 3 is 2.47 bits per heavy atom. The first kappa shape index (κ1) is 24.6. The molecule has 0 spiro atoms. The summed E-state index contributed by atoms with van der Waals surface area (Å²) >= 11 is 0. The van der Waals surface area contributed by atoms with Crippen molar-refractivity contribution in [2.45, 2.75) is 83.1 Å². The Hall–Kier alpha value is -2.57. The van der Waals surface area contributed by atoms with Gasteiger partial charge in [-0.25, -0.2) is 4.39 Å². The van der Waals surface area contributed by atoms with Crippen molar-refractivity contribution in [1.82, 2.24) is 9.80 Å². The SMILES string of the molecule is CC(C)CC(=O)[C@H]1CCCN(C(=O)C[C@@]2(c3ccccc3F)CC(=O)N(C3CCCC3)C2=O)C1. The molecule has 7 heteroatoms. The van der Waals surface area contributed by atoms with Crippen molar-refractivity contribution in [3.63, 3.8) is 0 Å². The highest BCUT2D eigenvalue weighted by Crippen LogP contribution is 2.44. The van der Waals surface area contributed by atoms with Crippen LogP contribution in [0.1, 0.15) is 77.2 Å². The minimum absolute atomic E-state index is 0.117. The summed E-state index contributed by atoms with van der Waals surface area (Å²) in [6.07, 6.45) is 4.91. The molecule has 1 saturated carbocycles. The van der Waals surface area contributed by atoms with Crippen LogP contribution in [0.5, 0.6) is 0 Å². The smallest absolute Gasteiger partial charge is 0.241 e. The number of hydrogen-bond donors (Lipinski definition) is 0. The Balaban J connectivity index is 1.60. The summed E-state index contributed by atoms with van der Waals surface area (Å²) in [4.78, 5) is 56.0. The van der Waals surface area contributed by atoms with Crippen molar-refractivity contribution in [2.75, 3.05) is 13.1 Å². The number of amides is 3. The number of likely N-dealkylation sites (tertiary alicyclic amines) is 2. The zero-order valence-corrected chi connectivity index (χ0v) is 20.2. The third-order valence-electron chi connectivity index (χ3n) is 7.72. The maximum Gasteiger partial charge on any atom is 0.241 e. The Kier molecular flexibility index (Phi) is 7.20. The Bertz CT molecular complexity index is 971. The minimum atomic E-state index is -1.53. The number of benzene rings is 1. The molecule has 2 saturated heterocycles. The molecular weight excluding hydrogens is 435 g/mol. The number of hydrogen-bond acceptors (Lipinski definition) is 4. The molecule has 184 valence electrons. The first-order valence-electron chi connectivity index (χ1n) is 12.6. The molecule has 0 aromatic heterocycles. The molecule has 0 bridgehead atoms. The average molecular weight is 471 g/mol. The monoisotopic (exact) mass is 470 g/mol. The molecule has 1 aromatic carbocycles. The maximum absolute atomic E-state index is 15.0. The molecule has 0 N–H and O–H groups in total. The largest absolute Gasteiger partial charge is 0.342 e. The van der Waals surface area contributed by atoms with Crippen LogP contribution in [-0.2, 0) is 24.6 Å². The van der Waals surface area contributed by atoms with E-state index in [1.807, 2.05) is 13.8 Å². The van der Waals surface area contributed by atoms with Crippen LogP contribution in [0.25, 0.3) is 0 Å². The summed E-state index contributed by atoms with van der Waals surface area (Å²) in [5, 5.41) is 0. The lowest BCUT2D eigenvalue weighted by molar-refractivity contribution is -0.145. The van der Waals surface area contributed by atoms with E-state index in [0.717, 1.165) is 32.1 Å². The number of rotatable bonds is 7. The van der Waals surface area contributed by atoms with Crippen LogP contribution in [0.15, 0.2) is 24.3 Å². The van der Waals surface area contributed by atoms with Gasteiger partial charge in [-0.1, -0.05) is 44.9 Å². The fourth-order valence-electron chi connectivity index (χ4n) is 5.99. The number of carbonyl (C=O) groups excluding carboxylic acids is 4. The molecule has 0 radical (unpaired) electrons. The lowest BCUT2D eigenvalue weighted by Gasteiger charge is -2.35. The van der Waals surface area contributed by atoms with E-state index < -0.39 is 17.1 Å². The third kappa shape index (κ3) is 4.66. The quantitative estimate of drug-likeness (QED) is 0.565. The summed E-state index contributed by atoms with van der Waals surface area (Å²) in [5.74, 6) is -1.43. The van der Waals surface area contributed by atoms with Gasteiger partial charge in [-0.2, -0.15) is 0 Å². The molecule has 2 atom stereocenters. The standard InChI is InChI=1S/C27H35FN2O4/c1-18(2)14-23(31)19-8-7-13-29(17-19)24(32)15-27(21-11-5-6-12-22(21)28)16-25(33)30(26(27)34)20-9-3-4-10-20/h5-6,11-12,18-20H,3-4,7-10,13-17H2,1-2H3/t19-,27-/m0/s1. The highest BCUT2D eigenvalue weighted by molar-refractivity contribution is 6.11. The van der Waals surface area contributed by atoms with Gasteiger partial charge in [0.25, 0.3) is 0 Å². The van der Waals surface area contributed by atoms with E-state index in [0.29, 0.717) is 25.9 Å². The normalized spacial score (nSPS) is 26.1. The number of piperidine rings is 1. The van der Waals surface area contributed by atoms with E-state index in [1.165, 1.54) is 17.0 Å². The van der Waals surface area contributed by atoms with Crippen molar-refractivity contribution in [3.05, 3.63) is 35.6 Å². The molecule has 2 heterocycles. The average Bonchev–Trinajstić information content (AvgIpc) is 3.40. The molecule has 34 heavy (non-hydrogen) atoms. The van der Waals surface area contributed by atoms with E-state index in [-0.39, 0.29) is 53.9 Å². The van der Waals surface area contributed by atoms with Crippen molar-refractivity contribution in [2.24, 2.45) is 11.8 Å². The Labute approximate surface area is 200 Å². The van der Waals surface area contributed by atoms with Crippen LogP contribution >= 0.6 is 0 Å². The Morgan fingerprint density at radius 2 is 1.79 bits per heavy atom. The number of ketones is 1. The lowest BCUT2D eigenvalue weighted by atomic mass is 9.75. The molecular formula is C27H35FN2O4. The van der Waals surface area contributed by atoms with E-state index in [4.69, 9.17) is 0 Å². The predicted octanol–water partition coefficient (Wildman–Crippen LogP) is 4.01.